The third-order valence-electron chi connectivity index (χ3n) is 2.93. The summed E-state index contributed by atoms with van der Waals surface area (Å²) in [5.41, 5.74) is 0.959. The number of rotatable bonds is 8. The molecule has 0 aliphatic carbocycles. The number of nitrogens with zero attached hydrogens (tertiary/aromatic N) is 3. The number of hydrogen-bond acceptors (Lipinski definition) is 4. The van der Waals surface area contributed by atoms with Crippen molar-refractivity contribution in [3.8, 4) is 5.69 Å². The number of hydrogen-bond donors (Lipinski definition) is 1. The third kappa shape index (κ3) is 5.23. The van der Waals surface area contributed by atoms with Crippen LogP contribution < -0.4 is 5.32 Å². The molecule has 0 spiro atoms. The van der Waals surface area contributed by atoms with Gasteiger partial charge in [-0.05, 0) is 18.6 Å². The number of carbonyl (C=O) groups is 1. The number of para-hydroxylation sites is 1. The lowest BCUT2D eigenvalue weighted by molar-refractivity contribution is -0.118. The molecule has 112 valence electrons. The number of benzene rings is 1. The summed E-state index contributed by atoms with van der Waals surface area (Å²) in [7, 11) is 0. The van der Waals surface area contributed by atoms with Gasteiger partial charge in [-0.2, -0.15) is 0 Å². The third-order valence-corrected chi connectivity index (χ3v) is 3.78. The minimum absolute atomic E-state index is 0.0344. The van der Waals surface area contributed by atoms with Crippen LogP contribution in [0.25, 0.3) is 5.69 Å². The van der Waals surface area contributed by atoms with E-state index in [4.69, 9.17) is 0 Å². The normalized spacial score (nSPS) is 10.5. The lowest BCUT2D eigenvalue weighted by Crippen LogP contribution is -2.26. The summed E-state index contributed by atoms with van der Waals surface area (Å²) in [6.07, 6.45) is 5.01. The van der Waals surface area contributed by atoms with Crippen LogP contribution in [0.3, 0.4) is 0 Å². The van der Waals surface area contributed by atoms with E-state index in [2.05, 4.69) is 22.3 Å². The Hall–Kier alpha value is -1.82. The highest BCUT2D eigenvalue weighted by Crippen LogP contribution is 2.13. The van der Waals surface area contributed by atoms with Crippen LogP contribution in [0.1, 0.15) is 26.2 Å². The summed E-state index contributed by atoms with van der Waals surface area (Å²) >= 11 is 1.35. The molecule has 1 N–H and O–H groups in total. The molecule has 0 aliphatic rings. The Bertz CT molecular complexity index is 556. The minimum atomic E-state index is 0.0344. The predicted octanol–water partition coefficient (Wildman–Crippen LogP) is 2.67. The Kier molecular flexibility index (Phi) is 6.27. The van der Waals surface area contributed by atoms with Crippen molar-refractivity contribution in [3.05, 3.63) is 36.7 Å². The van der Waals surface area contributed by atoms with E-state index in [1.165, 1.54) is 11.8 Å². The van der Waals surface area contributed by atoms with Crippen molar-refractivity contribution in [1.29, 1.82) is 0 Å². The summed E-state index contributed by atoms with van der Waals surface area (Å²) in [5, 5.41) is 7.87. The predicted molar refractivity (Wildman–Crippen MR) is 84.6 cm³/mol. The van der Waals surface area contributed by atoms with Gasteiger partial charge in [-0.25, -0.2) is 9.67 Å². The highest BCUT2D eigenvalue weighted by Gasteiger charge is 2.06. The van der Waals surface area contributed by atoms with Crippen LogP contribution in [0.4, 0.5) is 0 Å². The Balaban J connectivity index is 1.77. The lowest BCUT2D eigenvalue weighted by atomic mass is 10.2. The Morgan fingerprint density at radius 1 is 1.29 bits per heavy atom. The largest absolute Gasteiger partial charge is 0.355 e. The molecule has 0 atom stereocenters. The summed E-state index contributed by atoms with van der Waals surface area (Å²) in [6.45, 7) is 2.89. The SMILES string of the molecule is CCCCCNC(=O)CSc1ncn(-c2ccccc2)n1. The van der Waals surface area contributed by atoms with Crippen LogP contribution >= 0.6 is 11.8 Å². The van der Waals surface area contributed by atoms with Gasteiger partial charge in [-0.1, -0.05) is 49.7 Å². The molecular formula is C15H20N4OS. The van der Waals surface area contributed by atoms with E-state index < -0.39 is 0 Å². The van der Waals surface area contributed by atoms with Crippen LogP contribution in [0.15, 0.2) is 41.8 Å². The van der Waals surface area contributed by atoms with E-state index in [0.29, 0.717) is 10.9 Å². The van der Waals surface area contributed by atoms with Crippen LogP contribution in [-0.4, -0.2) is 33.0 Å². The molecule has 2 rings (SSSR count). The molecule has 1 heterocycles. The van der Waals surface area contributed by atoms with Gasteiger partial charge in [0, 0.05) is 6.54 Å². The molecule has 5 nitrogen and oxygen atoms in total. The van der Waals surface area contributed by atoms with Gasteiger partial charge in [0.05, 0.1) is 11.4 Å². The van der Waals surface area contributed by atoms with Crippen LogP contribution in [-0.2, 0) is 4.79 Å². The van der Waals surface area contributed by atoms with Crippen LogP contribution in [0, 0.1) is 0 Å². The van der Waals surface area contributed by atoms with Gasteiger partial charge in [-0.15, -0.1) is 5.10 Å². The zero-order valence-electron chi connectivity index (χ0n) is 12.2. The first kappa shape index (κ1) is 15.6. The molecule has 1 aromatic carbocycles. The Morgan fingerprint density at radius 2 is 2.10 bits per heavy atom. The van der Waals surface area contributed by atoms with Gasteiger partial charge in [0.2, 0.25) is 11.1 Å². The molecule has 1 amide bonds. The Labute approximate surface area is 129 Å². The van der Waals surface area contributed by atoms with Crippen molar-refractivity contribution in [2.75, 3.05) is 12.3 Å². The average Bonchev–Trinajstić information content (AvgIpc) is 2.99. The van der Waals surface area contributed by atoms with Crippen molar-refractivity contribution in [1.82, 2.24) is 20.1 Å². The molecular weight excluding hydrogens is 284 g/mol. The molecule has 2 aromatic rings. The smallest absolute Gasteiger partial charge is 0.230 e. The number of aromatic nitrogens is 3. The average molecular weight is 304 g/mol. The van der Waals surface area contributed by atoms with Gasteiger partial charge in [-0.3, -0.25) is 4.79 Å². The van der Waals surface area contributed by atoms with E-state index in [1.807, 2.05) is 30.3 Å². The summed E-state index contributed by atoms with van der Waals surface area (Å²) < 4.78 is 1.71. The molecule has 6 heteroatoms. The highest BCUT2D eigenvalue weighted by atomic mass is 32.2. The fraction of sp³-hybridized carbons (Fsp3) is 0.400. The number of carbonyl (C=O) groups excluding carboxylic acids is 1. The first-order valence-corrected chi connectivity index (χ1v) is 8.14. The molecule has 21 heavy (non-hydrogen) atoms. The minimum Gasteiger partial charge on any atom is -0.355 e. The zero-order chi connectivity index (χ0) is 14.9. The molecule has 0 aliphatic heterocycles. The molecule has 1 aromatic heterocycles. The standard InChI is InChI=1S/C15H20N4OS/c1-2-3-7-10-16-14(20)11-21-15-17-12-19(18-15)13-8-5-4-6-9-13/h4-6,8-9,12H,2-3,7,10-11H2,1H3,(H,16,20). The topological polar surface area (TPSA) is 59.8 Å². The molecule has 0 saturated carbocycles. The van der Waals surface area contributed by atoms with Gasteiger partial charge in [0.25, 0.3) is 0 Å². The lowest BCUT2D eigenvalue weighted by Gasteiger charge is -2.02. The highest BCUT2D eigenvalue weighted by molar-refractivity contribution is 7.99. The van der Waals surface area contributed by atoms with Gasteiger partial charge >= 0.3 is 0 Å². The number of nitrogens with one attached hydrogen (secondary N) is 1. The maximum atomic E-state index is 11.7. The van der Waals surface area contributed by atoms with Gasteiger partial charge < -0.3 is 5.32 Å². The number of thioether (sulfide) groups is 1. The molecule has 0 saturated heterocycles. The summed E-state index contributed by atoms with van der Waals surface area (Å²) in [6, 6.07) is 9.78. The first-order chi connectivity index (χ1) is 10.3. The maximum Gasteiger partial charge on any atom is 0.230 e. The van der Waals surface area contributed by atoms with E-state index in [0.717, 1.165) is 31.5 Å². The summed E-state index contributed by atoms with van der Waals surface area (Å²) in [4.78, 5) is 15.9. The van der Waals surface area contributed by atoms with Crippen molar-refractivity contribution < 1.29 is 4.79 Å². The van der Waals surface area contributed by atoms with E-state index in [-0.39, 0.29) is 5.91 Å². The summed E-state index contributed by atoms with van der Waals surface area (Å²) in [5.74, 6) is 0.387. The van der Waals surface area contributed by atoms with Crippen LogP contribution in [0.2, 0.25) is 0 Å². The maximum absolute atomic E-state index is 11.7. The van der Waals surface area contributed by atoms with Crippen molar-refractivity contribution in [2.45, 2.75) is 31.3 Å². The van der Waals surface area contributed by atoms with Crippen LogP contribution in [0.5, 0.6) is 0 Å². The molecule has 0 unspecified atom stereocenters. The second kappa shape index (κ2) is 8.46. The van der Waals surface area contributed by atoms with E-state index in [9.17, 15) is 4.79 Å². The first-order valence-electron chi connectivity index (χ1n) is 7.16. The van der Waals surface area contributed by atoms with Crippen molar-refractivity contribution in [3.63, 3.8) is 0 Å². The fourth-order valence-electron chi connectivity index (χ4n) is 1.80. The second-order valence-corrected chi connectivity index (χ2v) is 5.60. The van der Waals surface area contributed by atoms with Gasteiger partial charge in [0.1, 0.15) is 6.33 Å². The van der Waals surface area contributed by atoms with Crippen molar-refractivity contribution in [2.24, 2.45) is 0 Å². The molecule has 0 fully saturated rings. The second-order valence-electron chi connectivity index (χ2n) is 4.65. The van der Waals surface area contributed by atoms with Crippen molar-refractivity contribution >= 4 is 17.7 Å². The number of amides is 1. The monoisotopic (exact) mass is 304 g/mol. The molecule has 0 bridgehead atoms. The Morgan fingerprint density at radius 3 is 2.86 bits per heavy atom. The van der Waals surface area contributed by atoms with E-state index in [1.54, 1.807) is 11.0 Å². The number of unbranched alkanes of at least 4 members (excludes halogenated alkanes) is 2. The van der Waals surface area contributed by atoms with E-state index >= 15 is 0 Å². The molecule has 0 radical (unpaired) electrons. The fourth-order valence-corrected chi connectivity index (χ4v) is 2.43. The quantitative estimate of drug-likeness (QED) is 0.601. The zero-order valence-corrected chi connectivity index (χ0v) is 13.0. The van der Waals surface area contributed by atoms with Gasteiger partial charge in [0.15, 0.2) is 0 Å².